The van der Waals surface area contributed by atoms with Gasteiger partial charge in [-0.05, 0) is 17.7 Å². The first-order chi connectivity index (χ1) is 12.5. The number of benzene rings is 2. The van der Waals surface area contributed by atoms with Crippen molar-refractivity contribution in [2.75, 3.05) is 14.2 Å². The third-order valence-electron chi connectivity index (χ3n) is 4.40. The number of aliphatic hydroxyl groups is 1. The fraction of sp³-hybridized carbons (Fsp3) is 0.222. The van der Waals surface area contributed by atoms with Crippen LogP contribution in [-0.4, -0.2) is 36.0 Å². The third-order valence-corrected chi connectivity index (χ3v) is 4.40. The second-order valence-corrected chi connectivity index (χ2v) is 5.78. The van der Waals surface area contributed by atoms with Crippen LogP contribution in [0.1, 0.15) is 21.5 Å². The first kappa shape index (κ1) is 17.7. The molecule has 4 N–H and O–H groups in total. The van der Waals surface area contributed by atoms with Crippen LogP contribution in [-0.2, 0) is 17.1 Å². The molecule has 0 saturated carbocycles. The minimum atomic E-state index is -2.27. The topological polar surface area (TPSA) is 114 Å². The zero-order chi connectivity index (χ0) is 18.9. The van der Waals surface area contributed by atoms with E-state index in [1.807, 2.05) is 11.5 Å². The van der Waals surface area contributed by atoms with Gasteiger partial charge in [0.15, 0.2) is 11.5 Å². The minimum absolute atomic E-state index is 0.0168. The van der Waals surface area contributed by atoms with Crippen LogP contribution in [0.2, 0.25) is 0 Å². The Labute approximate surface area is 150 Å². The third kappa shape index (κ3) is 2.56. The molecule has 2 aromatic carbocycles. The smallest absolute Gasteiger partial charge is 0.292 e. The van der Waals surface area contributed by atoms with Crippen LogP contribution in [0.3, 0.4) is 0 Å². The van der Waals surface area contributed by atoms with E-state index in [1.165, 1.54) is 26.4 Å². The molecule has 0 aromatic heterocycles. The van der Waals surface area contributed by atoms with Gasteiger partial charge in [-0.25, -0.2) is 5.84 Å². The number of methoxy groups -OCH3 is 2. The lowest BCUT2D eigenvalue weighted by atomic mass is 9.99. The standard InChI is InChI=1S/C18H19N3O5/c1-25-14-8-12-13(9-15(14)26-2)18(24,17(23)20-19)21(16(12)22)10-11-6-4-3-5-7-11/h3-9,24H,10,19H2,1-2H3,(H,20,23)/t18-/m1/s1. The highest BCUT2D eigenvalue weighted by Crippen LogP contribution is 2.43. The van der Waals surface area contributed by atoms with Crippen molar-refractivity contribution < 1.29 is 24.2 Å². The molecule has 1 heterocycles. The Morgan fingerprint density at radius 3 is 2.38 bits per heavy atom. The van der Waals surface area contributed by atoms with Crippen molar-refractivity contribution in [2.24, 2.45) is 5.84 Å². The number of fused-ring (bicyclic) bond motifs is 1. The SMILES string of the molecule is COc1cc2c(cc1OC)[C@@](O)(C(=O)NN)N(Cc1ccccc1)C2=O. The average molecular weight is 357 g/mol. The summed E-state index contributed by atoms with van der Waals surface area (Å²) in [5.41, 5.74) is 0.640. The van der Waals surface area contributed by atoms with E-state index >= 15 is 0 Å². The molecule has 2 aromatic rings. The molecule has 0 bridgehead atoms. The molecule has 1 aliphatic rings. The molecule has 0 unspecified atom stereocenters. The van der Waals surface area contributed by atoms with Crippen LogP contribution in [0.25, 0.3) is 0 Å². The van der Waals surface area contributed by atoms with E-state index in [0.717, 1.165) is 10.5 Å². The zero-order valence-corrected chi connectivity index (χ0v) is 14.4. The highest BCUT2D eigenvalue weighted by Gasteiger charge is 2.54. The molecular weight excluding hydrogens is 338 g/mol. The summed E-state index contributed by atoms with van der Waals surface area (Å²) >= 11 is 0. The Bertz CT molecular complexity index is 855. The Morgan fingerprint density at radius 1 is 1.19 bits per heavy atom. The van der Waals surface area contributed by atoms with E-state index in [4.69, 9.17) is 15.3 Å². The lowest BCUT2D eigenvalue weighted by Gasteiger charge is -2.32. The van der Waals surface area contributed by atoms with Gasteiger partial charge in [0.25, 0.3) is 17.5 Å². The van der Waals surface area contributed by atoms with Gasteiger partial charge in [0.2, 0.25) is 0 Å². The normalized spacial score (nSPS) is 18.5. The van der Waals surface area contributed by atoms with E-state index in [1.54, 1.807) is 24.3 Å². The van der Waals surface area contributed by atoms with Crippen molar-refractivity contribution in [1.29, 1.82) is 0 Å². The van der Waals surface area contributed by atoms with E-state index in [9.17, 15) is 14.7 Å². The lowest BCUT2D eigenvalue weighted by molar-refractivity contribution is -0.159. The molecular formula is C18H19N3O5. The van der Waals surface area contributed by atoms with E-state index in [0.29, 0.717) is 5.75 Å². The Kier molecular flexibility index (Phi) is 4.54. The Hall–Kier alpha value is -3.10. The summed E-state index contributed by atoms with van der Waals surface area (Å²) in [5, 5.41) is 11.2. The van der Waals surface area contributed by atoms with Gasteiger partial charge in [0.1, 0.15) is 0 Å². The average Bonchev–Trinajstić information content (AvgIpc) is 2.89. The number of nitrogens with two attached hydrogens (primary N) is 1. The Morgan fingerprint density at radius 2 is 1.81 bits per heavy atom. The Balaban J connectivity index is 2.16. The number of nitrogens with one attached hydrogen (secondary N) is 1. The summed E-state index contributed by atoms with van der Waals surface area (Å²) in [7, 11) is 2.86. The van der Waals surface area contributed by atoms with Gasteiger partial charge in [0.05, 0.1) is 19.8 Å². The molecule has 0 fully saturated rings. The van der Waals surface area contributed by atoms with Crippen LogP contribution in [0.15, 0.2) is 42.5 Å². The van der Waals surface area contributed by atoms with Gasteiger partial charge < -0.3 is 14.6 Å². The summed E-state index contributed by atoms with van der Waals surface area (Å²) in [5.74, 6) is 4.43. The molecule has 8 heteroatoms. The second-order valence-electron chi connectivity index (χ2n) is 5.78. The zero-order valence-electron chi connectivity index (χ0n) is 14.4. The fourth-order valence-corrected chi connectivity index (χ4v) is 3.08. The molecule has 1 aliphatic heterocycles. The molecule has 2 amide bonds. The van der Waals surface area contributed by atoms with Crippen molar-refractivity contribution in [1.82, 2.24) is 10.3 Å². The maximum Gasteiger partial charge on any atom is 0.292 e. The van der Waals surface area contributed by atoms with Gasteiger partial charge in [-0.1, -0.05) is 30.3 Å². The second kappa shape index (κ2) is 6.66. The number of hydrogen-bond donors (Lipinski definition) is 3. The highest BCUT2D eigenvalue weighted by atomic mass is 16.5. The predicted molar refractivity (Wildman–Crippen MR) is 92.1 cm³/mol. The highest BCUT2D eigenvalue weighted by molar-refractivity contribution is 6.06. The number of carbonyl (C=O) groups is 2. The fourth-order valence-electron chi connectivity index (χ4n) is 3.08. The van der Waals surface area contributed by atoms with Crippen molar-refractivity contribution in [3.8, 4) is 11.5 Å². The summed E-state index contributed by atoms with van der Waals surface area (Å²) in [6.45, 7) is 0.0168. The molecule has 1 atom stereocenters. The lowest BCUT2D eigenvalue weighted by Crippen LogP contribution is -2.55. The molecule has 3 rings (SSSR count). The summed E-state index contributed by atoms with van der Waals surface area (Å²) in [6, 6.07) is 11.9. The van der Waals surface area contributed by atoms with Crippen LogP contribution in [0, 0.1) is 0 Å². The molecule has 8 nitrogen and oxygen atoms in total. The number of carbonyl (C=O) groups excluding carboxylic acids is 2. The van der Waals surface area contributed by atoms with Crippen LogP contribution in [0.5, 0.6) is 11.5 Å². The summed E-state index contributed by atoms with van der Waals surface area (Å²) in [6.07, 6.45) is 0. The molecule has 0 saturated heterocycles. The summed E-state index contributed by atoms with van der Waals surface area (Å²) in [4.78, 5) is 26.5. The van der Waals surface area contributed by atoms with Gasteiger partial charge in [0, 0.05) is 12.1 Å². The van der Waals surface area contributed by atoms with E-state index in [2.05, 4.69) is 0 Å². The number of hydrogen-bond acceptors (Lipinski definition) is 6. The molecule has 0 radical (unpaired) electrons. The first-order valence-electron chi connectivity index (χ1n) is 7.83. The van der Waals surface area contributed by atoms with Crippen molar-refractivity contribution in [2.45, 2.75) is 12.3 Å². The largest absolute Gasteiger partial charge is 0.493 e. The van der Waals surface area contributed by atoms with E-state index < -0.39 is 17.5 Å². The van der Waals surface area contributed by atoms with Crippen molar-refractivity contribution in [3.05, 3.63) is 59.2 Å². The van der Waals surface area contributed by atoms with Gasteiger partial charge in [-0.15, -0.1) is 0 Å². The molecule has 26 heavy (non-hydrogen) atoms. The maximum absolute atomic E-state index is 13.0. The van der Waals surface area contributed by atoms with Crippen molar-refractivity contribution in [3.63, 3.8) is 0 Å². The molecule has 0 spiro atoms. The first-order valence-corrected chi connectivity index (χ1v) is 7.83. The van der Waals surface area contributed by atoms with Crippen LogP contribution in [0.4, 0.5) is 0 Å². The number of hydrazine groups is 1. The number of ether oxygens (including phenoxy) is 2. The number of amides is 2. The van der Waals surface area contributed by atoms with Crippen molar-refractivity contribution >= 4 is 11.8 Å². The number of rotatable bonds is 5. The maximum atomic E-state index is 13.0. The predicted octanol–water partition coefficient (Wildman–Crippen LogP) is 0.495. The quantitative estimate of drug-likeness (QED) is 0.408. The van der Waals surface area contributed by atoms with Crippen LogP contribution >= 0.6 is 0 Å². The number of nitrogens with zero attached hydrogens (tertiary/aromatic N) is 1. The van der Waals surface area contributed by atoms with Gasteiger partial charge in [-0.3, -0.25) is 19.9 Å². The summed E-state index contributed by atoms with van der Waals surface area (Å²) < 4.78 is 10.4. The van der Waals surface area contributed by atoms with Gasteiger partial charge in [-0.2, -0.15) is 0 Å². The van der Waals surface area contributed by atoms with E-state index in [-0.39, 0.29) is 23.4 Å². The molecule has 136 valence electrons. The van der Waals surface area contributed by atoms with Crippen LogP contribution < -0.4 is 20.7 Å². The van der Waals surface area contributed by atoms with Gasteiger partial charge >= 0.3 is 0 Å². The minimum Gasteiger partial charge on any atom is -0.493 e. The molecule has 0 aliphatic carbocycles. The monoisotopic (exact) mass is 357 g/mol.